The number of hydrogen-bond acceptors (Lipinski definition) is 10. The minimum atomic E-state index is -0.695. The van der Waals surface area contributed by atoms with E-state index in [1.165, 1.54) is 14.2 Å². The molecule has 0 spiro atoms. The molecule has 15 heteroatoms. The van der Waals surface area contributed by atoms with Gasteiger partial charge in [0.2, 0.25) is 11.8 Å². The van der Waals surface area contributed by atoms with Crippen LogP contribution in [0, 0.1) is 17.8 Å². The number of methoxy groups -OCH3 is 2. The Bertz CT molecular complexity index is 2280. The third-order valence-electron chi connectivity index (χ3n) is 11.4. The van der Waals surface area contributed by atoms with Crippen molar-refractivity contribution in [1.29, 1.82) is 0 Å². The number of nitrogens with one attached hydrogen (secondary N) is 3. The van der Waals surface area contributed by atoms with Crippen molar-refractivity contribution < 1.29 is 28.7 Å². The molecule has 5 heterocycles. The molecule has 0 aliphatic carbocycles. The lowest BCUT2D eigenvalue weighted by Gasteiger charge is -2.30. The van der Waals surface area contributed by atoms with E-state index in [-0.39, 0.29) is 48.1 Å². The number of amides is 3. The molecule has 4 atom stereocenters. The molecular weight excluding hydrogens is 739 g/mol. The van der Waals surface area contributed by atoms with Crippen molar-refractivity contribution in [3.63, 3.8) is 0 Å². The highest BCUT2D eigenvalue weighted by Crippen LogP contribution is 2.36. The molecule has 3 amide bonds. The number of ether oxygens (including phenoxy) is 2. The third-order valence-corrected chi connectivity index (χ3v) is 11.4. The van der Waals surface area contributed by atoms with Crippen LogP contribution in [-0.4, -0.2) is 96.9 Å². The maximum Gasteiger partial charge on any atom is 0.407 e. The Hall–Kier alpha value is -6.12. The van der Waals surface area contributed by atoms with Gasteiger partial charge in [-0.3, -0.25) is 24.4 Å². The van der Waals surface area contributed by atoms with Crippen molar-refractivity contribution in [2.45, 2.75) is 77.9 Å². The lowest BCUT2D eigenvalue weighted by Crippen LogP contribution is -2.51. The molecule has 58 heavy (non-hydrogen) atoms. The minimum Gasteiger partial charge on any atom is -0.469 e. The van der Waals surface area contributed by atoms with Gasteiger partial charge < -0.3 is 34.6 Å². The van der Waals surface area contributed by atoms with Crippen LogP contribution in [-0.2, 0) is 23.9 Å². The van der Waals surface area contributed by atoms with Crippen molar-refractivity contribution in [3.8, 4) is 33.9 Å². The number of nitrogens with zero attached hydrogens (tertiary/aromatic N) is 6. The molecule has 0 bridgehead atoms. The summed E-state index contributed by atoms with van der Waals surface area (Å²) in [7, 11) is 2.63. The number of carbonyl (C=O) groups is 4. The van der Waals surface area contributed by atoms with Crippen molar-refractivity contribution in [2.75, 3.05) is 27.3 Å². The summed E-state index contributed by atoms with van der Waals surface area (Å²) in [5, 5.41) is 4.78. The first-order valence-corrected chi connectivity index (χ1v) is 19.9. The number of aromatic amines is 2. The zero-order valence-electron chi connectivity index (χ0n) is 33.8. The molecule has 304 valence electrons. The number of esters is 1. The predicted octanol–water partition coefficient (Wildman–Crippen LogP) is 6.62. The Balaban J connectivity index is 1.02. The predicted molar refractivity (Wildman–Crippen MR) is 217 cm³/mol. The van der Waals surface area contributed by atoms with E-state index in [0.29, 0.717) is 36.1 Å². The molecule has 5 aromatic rings. The molecule has 7 rings (SSSR count). The number of likely N-dealkylation sites (tertiary alicyclic amines) is 2. The molecule has 2 aliphatic heterocycles. The van der Waals surface area contributed by atoms with E-state index in [1.807, 2.05) is 44.7 Å². The molecule has 3 aromatic heterocycles. The second-order valence-electron chi connectivity index (χ2n) is 15.8. The zero-order valence-corrected chi connectivity index (χ0v) is 33.8. The number of hydrogen-bond donors (Lipinski definition) is 3. The Morgan fingerprint density at radius 1 is 0.707 bits per heavy atom. The van der Waals surface area contributed by atoms with Gasteiger partial charge in [0.1, 0.15) is 23.4 Å². The van der Waals surface area contributed by atoms with E-state index in [2.05, 4.69) is 44.5 Å². The topological polar surface area (TPSA) is 188 Å². The van der Waals surface area contributed by atoms with Crippen molar-refractivity contribution in [3.05, 3.63) is 72.8 Å². The number of imidazole rings is 2. The van der Waals surface area contributed by atoms with Crippen LogP contribution >= 0.6 is 0 Å². The highest BCUT2D eigenvalue weighted by molar-refractivity contribution is 5.90. The van der Waals surface area contributed by atoms with Gasteiger partial charge in [0.15, 0.2) is 0 Å². The molecule has 2 saturated heterocycles. The highest BCUT2D eigenvalue weighted by Gasteiger charge is 2.39. The van der Waals surface area contributed by atoms with Crippen molar-refractivity contribution in [2.24, 2.45) is 17.8 Å². The summed E-state index contributed by atoms with van der Waals surface area (Å²) in [4.78, 5) is 80.5. The van der Waals surface area contributed by atoms with Gasteiger partial charge in [-0.25, -0.2) is 14.8 Å². The number of alkyl carbamates (subject to hydrolysis) is 1. The second kappa shape index (κ2) is 17.2. The molecule has 0 unspecified atom stereocenters. The molecule has 2 aliphatic rings. The lowest BCUT2D eigenvalue weighted by molar-refractivity contribution is -0.148. The highest BCUT2D eigenvalue weighted by atomic mass is 16.5. The summed E-state index contributed by atoms with van der Waals surface area (Å²) in [6, 6.07) is 11.3. The minimum absolute atomic E-state index is 0.0112. The third kappa shape index (κ3) is 8.29. The standard InChI is InChI=1S/C43H51N9O6/c1-24(2)30(19-37(53)57-5)41(54)51-15-7-9-35(51)40-47-23-34(49-40)33-22-44-31(20-45-33)28-13-11-27-18-29(14-12-26(27)17-28)32-21-46-39(48-32)36-10-8-16-52(36)42(55)38(25(3)4)50-43(56)58-6/h11-14,17-18,20-25,30,35-36,38H,7-10,15-16,19H2,1-6H3,(H,46,48)(H,47,49)(H,50,56)/t30-,35-,36-,38-/m0/s1. The number of aromatic nitrogens is 6. The molecule has 0 radical (unpaired) electrons. The van der Waals surface area contributed by atoms with Crippen molar-refractivity contribution >= 4 is 34.6 Å². The first-order chi connectivity index (χ1) is 27.9. The lowest BCUT2D eigenvalue weighted by atomic mass is 9.91. The number of H-pyrrole nitrogens is 2. The average molecular weight is 790 g/mol. The fraction of sp³-hybridized carbons (Fsp3) is 0.442. The Labute approximate surface area is 337 Å². The van der Waals surface area contributed by atoms with Crippen LogP contribution in [0.1, 0.15) is 83.5 Å². The van der Waals surface area contributed by atoms with E-state index in [1.54, 1.807) is 29.7 Å². The maximum absolute atomic E-state index is 13.6. The molecule has 2 fully saturated rings. The van der Waals surface area contributed by atoms with Gasteiger partial charge in [0.05, 0.1) is 80.5 Å². The molecular formula is C43H51N9O6. The van der Waals surface area contributed by atoms with Crippen LogP contribution in [0.4, 0.5) is 4.79 Å². The number of carbonyl (C=O) groups excluding carboxylic acids is 4. The zero-order chi connectivity index (χ0) is 41.1. The number of rotatable bonds is 12. The van der Waals surface area contributed by atoms with Gasteiger partial charge in [0.25, 0.3) is 0 Å². The number of benzene rings is 2. The van der Waals surface area contributed by atoms with Crippen LogP contribution in [0.25, 0.3) is 44.7 Å². The summed E-state index contributed by atoms with van der Waals surface area (Å²) in [5.74, 6) is 0.234. The Morgan fingerprint density at radius 3 is 1.86 bits per heavy atom. The average Bonchev–Trinajstić information content (AvgIpc) is 4.07. The Kier molecular flexibility index (Phi) is 11.9. The number of fused-ring (bicyclic) bond motifs is 1. The van der Waals surface area contributed by atoms with Crippen LogP contribution in [0.5, 0.6) is 0 Å². The Morgan fingerprint density at radius 2 is 1.28 bits per heavy atom. The van der Waals surface area contributed by atoms with E-state index in [9.17, 15) is 19.2 Å². The normalized spacial score (nSPS) is 17.9. The van der Waals surface area contributed by atoms with Gasteiger partial charge in [-0.1, -0.05) is 52.0 Å². The molecule has 15 nitrogen and oxygen atoms in total. The fourth-order valence-electron chi connectivity index (χ4n) is 8.07. The first-order valence-electron chi connectivity index (χ1n) is 19.9. The largest absolute Gasteiger partial charge is 0.469 e. The summed E-state index contributed by atoms with van der Waals surface area (Å²) < 4.78 is 9.62. The van der Waals surface area contributed by atoms with Crippen LogP contribution in [0.2, 0.25) is 0 Å². The van der Waals surface area contributed by atoms with Gasteiger partial charge >= 0.3 is 12.1 Å². The monoisotopic (exact) mass is 789 g/mol. The van der Waals surface area contributed by atoms with Crippen molar-refractivity contribution in [1.82, 2.24) is 45.0 Å². The van der Waals surface area contributed by atoms with Crippen LogP contribution in [0.3, 0.4) is 0 Å². The van der Waals surface area contributed by atoms with Gasteiger partial charge in [0, 0.05) is 24.2 Å². The van der Waals surface area contributed by atoms with E-state index >= 15 is 0 Å². The van der Waals surface area contributed by atoms with Gasteiger partial charge in [-0.2, -0.15) is 0 Å². The summed E-state index contributed by atoms with van der Waals surface area (Å²) in [5.41, 5.74) is 4.81. The molecule has 0 saturated carbocycles. The molecule has 3 N–H and O–H groups in total. The van der Waals surface area contributed by atoms with Gasteiger partial charge in [-0.15, -0.1) is 0 Å². The smallest absolute Gasteiger partial charge is 0.407 e. The maximum atomic E-state index is 13.6. The SMILES string of the molecule is COC(=O)C[C@H](C(=O)N1CCC[C@H]1c1ncc(-c2cnc(-c3ccc4cc(-c5cnc([C@@H]6CCCN6C(=O)[C@@H](NC(=O)OC)C(C)C)[nH]5)ccc4c3)cn2)[nH]1)C(C)C. The quantitative estimate of drug-likeness (QED) is 0.116. The summed E-state index contributed by atoms with van der Waals surface area (Å²) in [6.07, 6.45) is 9.66. The summed E-state index contributed by atoms with van der Waals surface area (Å²) in [6.45, 7) is 8.89. The van der Waals surface area contributed by atoms with E-state index in [0.717, 1.165) is 59.0 Å². The first kappa shape index (κ1) is 40.1. The van der Waals surface area contributed by atoms with E-state index in [4.69, 9.17) is 24.4 Å². The second-order valence-corrected chi connectivity index (χ2v) is 15.8. The fourth-order valence-corrected chi connectivity index (χ4v) is 8.07. The van der Waals surface area contributed by atoms with Gasteiger partial charge in [-0.05, 0) is 60.4 Å². The van der Waals surface area contributed by atoms with E-state index < -0.39 is 18.1 Å². The van der Waals surface area contributed by atoms with Crippen LogP contribution < -0.4 is 5.32 Å². The summed E-state index contributed by atoms with van der Waals surface area (Å²) >= 11 is 0. The molecule has 2 aromatic carbocycles. The van der Waals surface area contributed by atoms with Crippen LogP contribution in [0.15, 0.2) is 61.2 Å².